The number of aromatic nitrogens is 3. The van der Waals surface area contributed by atoms with Crippen LogP contribution in [0.3, 0.4) is 0 Å². The Labute approximate surface area is 108 Å². The fourth-order valence-corrected chi connectivity index (χ4v) is 2.44. The van der Waals surface area contributed by atoms with E-state index in [0.29, 0.717) is 11.6 Å². The number of nitrogens with two attached hydrogens (primary N) is 1. The predicted molar refractivity (Wildman–Crippen MR) is 76.7 cm³/mol. The number of fused-ring (bicyclic) bond motifs is 1. The van der Waals surface area contributed by atoms with Crippen molar-refractivity contribution in [3.63, 3.8) is 0 Å². The molecule has 18 heavy (non-hydrogen) atoms. The zero-order valence-electron chi connectivity index (χ0n) is 11.4. The van der Waals surface area contributed by atoms with Crippen molar-refractivity contribution < 1.29 is 4.74 Å². The van der Waals surface area contributed by atoms with E-state index in [0.717, 1.165) is 29.4 Å². The lowest BCUT2D eigenvalue weighted by atomic mass is 10.3. The van der Waals surface area contributed by atoms with Gasteiger partial charge in [0.05, 0.1) is 6.61 Å². The van der Waals surface area contributed by atoms with E-state index in [1.807, 2.05) is 6.92 Å². The van der Waals surface area contributed by atoms with E-state index in [2.05, 4.69) is 34.6 Å². The van der Waals surface area contributed by atoms with Crippen molar-refractivity contribution in [3.8, 4) is 5.75 Å². The molecule has 0 radical (unpaired) electrons. The van der Waals surface area contributed by atoms with Gasteiger partial charge in [-0.1, -0.05) is 19.6 Å². The molecule has 98 valence electrons. The molecule has 0 aromatic carbocycles. The number of nitrogens with one attached hydrogen (secondary N) is 1. The Morgan fingerprint density at radius 3 is 2.72 bits per heavy atom. The number of aromatic amines is 1. The van der Waals surface area contributed by atoms with Crippen LogP contribution in [0.2, 0.25) is 25.7 Å². The van der Waals surface area contributed by atoms with Gasteiger partial charge < -0.3 is 15.5 Å². The summed E-state index contributed by atoms with van der Waals surface area (Å²) in [4.78, 5) is 11.5. The SMILES string of the molecule is Cc1nc(N)c2c(OCC[Si](C)(C)C)c[nH]c2n1. The van der Waals surface area contributed by atoms with Crippen molar-refractivity contribution in [2.45, 2.75) is 32.6 Å². The molecule has 0 amide bonds. The van der Waals surface area contributed by atoms with Crippen LogP contribution >= 0.6 is 0 Å². The molecule has 0 aliphatic heterocycles. The number of rotatable bonds is 4. The highest BCUT2D eigenvalue weighted by Gasteiger charge is 2.15. The molecular formula is C12H20N4OSi. The van der Waals surface area contributed by atoms with Crippen molar-refractivity contribution in [1.82, 2.24) is 15.0 Å². The van der Waals surface area contributed by atoms with Gasteiger partial charge in [-0.2, -0.15) is 0 Å². The number of H-pyrrole nitrogens is 1. The molecule has 0 saturated heterocycles. The monoisotopic (exact) mass is 264 g/mol. The van der Waals surface area contributed by atoms with Gasteiger partial charge in [-0.15, -0.1) is 0 Å². The Balaban J connectivity index is 2.19. The second kappa shape index (κ2) is 4.60. The minimum Gasteiger partial charge on any atom is -0.491 e. The summed E-state index contributed by atoms with van der Waals surface area (Å²) in [7, 11) is -1.08. The van der Waals surface area contributed by atoms with Gasteiger partial charge in [-0.25, -0.2) is 9.97 Å². The Hall–Kier alpha value is -1.56. The molecule has 0 unspecified atom stereocenters. The van der Waals surface area contributed by atoms with Crippen LogP contribution in [0.1, 0.15) is 5.82 Å². The Morgan fingerprint density at radius 1 is 1.33 bits per heavy atom. The highest BCUT2D eigenvalue weighted by atomic mass is 28.3. The summed E-state index contributed by atoms with van der Waals surface area (Å²) in [5.41, 5.74) is 6.66. The lowest BCUT2D eigenvalue weighted by Gasteiger charge is -2.15. The first-order valence-corrected chi connectivity index (χ1v) is 9.81. The Morgan fingerprint density at radius 2 is 2.06 bits per heavy atom. The first-order valence-electron chi connectivity index (χ1n) is 6.11. The number of nitrogen functional groups attached to an aromatic ring is 1. The highest BCUT2D eigenvalue weighted by Crippen LogP contribution is 2.28. The van der Waals surface area contributed by atoms with Gasteiger partial charge in [0.1, 0.15) is 28.4 Å². The van der Waals surface area contributed by atoms with Crippen LogP contribution in [0.5, 0.6) is 5.75 Å². The van der Waals surface area contributed by atoms with Gasteiger partial charge in [0, 0.05) is 14.3 Å². The van der Waals surface area contributed by atoms with Crippen molar-refractivity contribution in [2.75, 3.05) is 12.3 Å². The molecule has 2 heterocycles. The molecule has 2 aromatic heterocycles. The second-order valence-corrected chi connectivity index (χ2v) is 11.3. The second-order valence-electron chi connectivity index (χ2n) is 5.69. The molecule has 3 N–H and O–H groups in total. The third-order valence-electron chi connectivity index (χ3n) is 2.74. The number of hydrogen-bond donors (Lipinski definition) is 2. The van der Waals surface area contributed by atoms with Crippen molar-refractivity contribution in [1.29, 1.82) is 0 Å². The average molecular weight is 264 g/mol. The van der Waals surface area contributed by atoms with Crippen molar-refractivity contribution >= 4 is 24.9 Å². The third-order valence-corrected chi connectivity index (χ3v) is 4.45. The van der Waals surface area contributed by atoms with E-state index in [9.17, 15) is 0 Å². The van der Waals surface area contributed by atoms with Gasteiger partial charge >= 0.3 is 0 Å². The number of aryl methyl sites for hydroxylation is 1. The van der Waals surface area contributed by atoms with Crippen molar-refractivity contribution in [3.05, 3.63) is 12.0 Å². The summed E-state index contributed by atoms with van der Waals surface area (Å²) in [6, 6.07) is 1.12. The third kappa shape index (κ3) is 2.81. The molecule has 0 bridgehead atoms. The summed E-state index contributed by atoms with van der Waals surface area (Å²) >= 11 is 0. The van der Waals surface area contributed by atoms with E-state index in [1.54, 1.807) is 6.20 Å². The minimum absolute atomic E-state index is 0.474. The molecule has 0 aliphatic carbocycles. The largest absolute Gasteiger partial charge is 0.491 e. The fraction of sp³-hybridized carbons (Fsp3) is 0.500. The Bertz CT molecular complexity index is 559. The van der Waals surface area contributed by atoms with E-state index in [-0.39, 0.29) is 0 Å². The van der Waals surface area contributed by atoms with Gasteiger partial charge in [-0.3, -0.25) is 0 Å². The molecular weight excluding hydrogens is 244 g/mol. The van der Waals surface area contributed by atoms with Gasteiger partial charge in [-0.05, 0) is 13.0 Å². The molecule has 2 rings (SSSR count). The van der Waals surface area contributed by atoms with Crippen LogP contribution in [0.25, 0.3) is 11.0 Å². The van der Waals surface area contributed by atoms with E-state index < -0.39 is 8.07 Å². The summed E-state index contributed by atoms with van der Waals surface area (Å²) in [5, 5.41) is 0.788. The summed E-state index contributed by atoms with van der Waals surface area (Å²) < 4.78 is 5.80. The van der Waals surface area contributed by atoms with Gasteiger partial charge in [0.15, 0.2) is 0 Å². The normalized spacial score (nSPS) is 12.0. The lowest BCUT2D eigenvalue weighted by Crippen LogP contribution is -2.22. The average Bonchev–Trinajstić information content (AvgIpc) is 2.59. The maximum absolute atomic E-state index is 5.92. The van der Waals surface area contributed by atoms with Gasteiger partial charge in [0.25, 0.3) is 0 Å². The van der Waals surface area contributed by atoms with Crippen LogP contribution in [-0.4, -0.2) is 29.6 Å². The lowest BCUT2D eigenvalue weighted by molar-refractivity contribution is 0.342. The Kier molecular flexibility index (Phi) is 3.29. The molecule has 6 heteroatoms. The molecule has 5 nitrogen and oxygen atoms in total. The molecule has 0 spiro atoms. The predicted octanol–water partition coefficient (Wildman–Crippen LogP) is 2.57. The summed E-state index contributed by atoms with van der Waals surface area (Å²) in [5.74, 6) is 1.89. The number of hydrogen-bond acceptors (Lipinski definition) is 4. The fourth-order valence-electron chi connectivity index (χ4n) is 1.73. The molecule has 0 saturated carbocycles. The molecule has 0 atom stereocenters. The van der Waals surface area contributed by atoms with Gasteiger partial charge in [0.2, 0.25) is 0 Å². The standard InChI is InChI=1S/C12H20N4OSi/c1-8-15-11(13)10-9(7-14-12(10)16-8)17-5-6-18(2,3)4/h7H,5-6H2,1-4H3,(H3,13,14,15,16). The maximum atomic E-state index is 5.92. The first-order chi connectivity index (χ1) is 8.37. The molecule has 0 fully saturated rings. The molecule has 2 aromatic rings. The van der Waals surface area contributed by atoms with Crippen LogP contribution in [0.4, 0.5) is 5.82 Å². The van der Waals surface area contributed by atoms with Crippen LogP contribution in [-0.2, 0) is 0 Å². The number of ether oxygens (including phenoxy) is 1. The summed E-state index contributed by atoms with van der Waals surface area (Å²) in [6.45, 7) is 9.52. The molecule has 0 aliphatic rings. The highest BCUT2D eigenvalue weighted by molar-refractivity contribution is 6.76. The smallest absolute Gasteiger partial charge is 0.149 e. The number of nitrogens with zero attached hydrogens (tertiary/aromatic N) is 2. The zero-order chi connectivity index (χ0) is 13.3. The quantitative estimate of drug-likeness (QED) is 0.832. The first kappa shape index (κ1) is 12.9. The van der Waals surface area contributed by atoms with E-state index in [4.69, 9.17) is 10.5 Å². The van der Waals surface area contributed by atoms with Crippen LogP contribution < -0.4 is 10.5 Å². The van der Waals surface area contributed by atoms with E-state index >= 15 is 0 Å². The topological polar surface area (TPSA) is 76.8 Å². The van der Waals surface area contributed by atoms with Crippen molar-refractivity contribution in [2.24, 2.45) is 0 Å². The number of anilines is 1. The van der Waals surface area contributed by atoms with Crippen LogP contribution in [0.15, 0.2) is 6.20 Å². The van der Waals surface area contributed by atoms with E-state index in [1.165, 1.54) is 0 Å². The minimum atomic E-state index is -1.08. The maximum Gasteiger partial charge on any atom is 0.149 e. The summed E-state index contributed by atoms with van der Waals surface area (Å²) in [6.07, 6.45) is 1.80. The van der Waals surface area contributed by atoms with Crippen LogP contribution in [0, 0.1) is 6.92 Å². The zero-order valence-corrected chi connectivity index (χ0v) is 12.4.